The molecule has 8 amide bonds. The molecule has 4 unspecified atom stereocenters. The number of rotatable bonds is 26. The second kappa shape index (κ2) is 32.5. The minimum Gasteiger partial charge on any atom is -0.467 e. The highest BCUT2D eigenvalue weighted by Crippen LogP contribution is 2.37. The van der Waals surface area contributed by atoms with Crippen molar-refractivity contribution in [1.82, 2.24) is 42.1 Å². The molecule has 1 heterocycles. The molecule has 0 radical (unpaired) electrons. The molecule has 21 heteroatoms. The van der Waals surface area contributed by atoms with Gasteiger partial charge in [0.15, 0.2) is 0 Å². The first-order valence-corrected chi connectivity index (χ1v) is 30.9. The maximum absolute atomic E-state index is 15.4. The van der Waals surface area contributed by atoms with E-state index in [1.165, 1.54) is 12.0 Å². The summed E-state index contributed by atoms with van der Waals surface area (Å²) in [5.41, 5.74) is -1.85. The Bertz CT molecular complexity index is 3120. The van der Waals surface area contributed by atoms with Crippen LogP contribution in [0.5, 0.6) is 0 Å². The number of benzene rings is 5. The molecule has 1 aliphatic rings. The summed E-state index contributed by atoms with van der Waals surface area (Å²) in [5.74, 6) is -4.22. The summed E-state index contributed by atoms with van der Waals surface area (Å²) in [4.78, 5) is 129. The molecule has 5 aromatic carbocycles. The Kier molecular flexibility index (Phi) is 25.3. The van der Waals surface area contributed by atoms with Gasteiger partial charge in [0.05, 0.1) is 7.11 Å². The number of unbranched alkanes of at least 4 members (excludes halogenated alkanes) is 1. The zero-order valence-electron chi connectivity index (χ0n) is 54.0. The Balaban J connectivity index is 1.37. The van der Waals surface area contributed by atoms with Gasteiger partial charge >= 0.3 is 24.2 Å². The number of nitrogens with zero attached hydrogens (tertiary/aromatic N) is 1. The highest BCUT2D eigenvalue weighted by atomic mass is 16.6. The maximum atomic E-state index is 15.4. The van der Waals surface area contributed by atoms with Crippen molar-refractivity contribution < 1.29 is 62.1 Å². The maximum Gasteiger partial charge on any atom is 0.408 e. The molecule has 0 aromatic heterocycles. The fourth-order valence-corrected chi connectivity index (χ4v) is 10.6. The van der Waals surface area contributed by atoms with Crippen LogP contribution in [0.2, 0.25) is 0 Å². The molecular formula is C70H90N8O13. The highest BCUT2D eigenvalue weighted by Gasteiger charge is 2.47. The molecule has 0 bridgehead atoms. The molecule has 488 valence electrons. The summed E-state index contributed by atoms with van der Waals surface area (Å²) in [7, 11) is 1.19. The molecule has 7 N–H and O–H groups in total. The first kappa shape index (κ1) is 70.8. The van der Waals surface area contributed by atoms with E-state index in [9.17, 15) is 24.0 Å². The molecule has 1 saturated heterocycles. The van der Waals surface area contributed by atoms with E-state index in [2.05, 4.69) is 37.2 Å². The third kappa shape index (κ3) is 22.0. The Labute approximate surface area is 534 Å². The number of methoxy groups -OCH3 is 1. The molecule has 0 aliphatic carbocycles. The second-order valence-corrected chi connectivity index (χ2v) is 25.6. The number of hydrogen-bond acceptors (Lipinski definition) is 13. The molecule has 1 fully saturated rings. The van der Waals surface area contributed by atoms with Crippen LogP contribution in [0, 0.1) is 0 Å². The van der Waals surface area contributed by atoms with Crippen LogP contribution in [0.4, 0.5) is 14.4 Å². The molecule has 0 saturated carbocycles. The zero-order valence-corrected chi connectivity index (χ0v) is 54.0. The van der Waals surface area contributed by atoms with Gasteiger partial charge in [0.2, 0.25) is 29.5 Å². The molecule has 0 spiro atoms. The lowest BCUT2D eigenvalue weighted by Gasteiger charge is -2.41. The van der Waals surface area contributed by atoms with Crippen molar-refractivity contribution in [2.75, 3.05) is 26.7 Å². The molecular weight excluding hydrogens is 1160 g/mol. The number of esters is 1. The molecule has 4 atom stereocenters. The van der Waals surface area contributed by atoms with E-state index < -0.39 is 106 Å². The Morgan fingerprint density at radius 2 is 0.868 bits per heavy atom. The molecule has 5 aromatic rings. The number of alkyl carbamates (subject to hydrolysis) is 3. The number of hydrogen-bond donors (Lipinski definition) is 7. The summed E-state index contributed by atoms with van der Waals surface area (Å²) < 4.78 is 21.6. The van der Waals surface area contributed by atoms with Crippen LogP contribution in [0.15, 0.2) is 152 Å². The summed E-state index contributed by atoms with van der Waals surface area (Å²) in [6.07, 6.45) is -2.66. The van der Waals surface area contributed by atoms with Gasteiger partial charge in [0, 0.05) is 38.9 Å². The molecule has 91 heavy (non-hydrogen) atoms. The zero-order chi connectivity index (χ0) is 66.4. The number of nitrogens with one attached hydrogen (secondary N) is 7. The first-order chi connectivity index (χ1) is 43.1. The van der Waals surface area contributed by atoms with Crippen molar-refractivity contribution in [3.05, 3.63) is 179 Å². The summed E-state index contributed by atoms with van der Waals surface area (Å²) in [6, 6.07) is 40.6. The second-order valence-electron chi connectivity index (χ2n) is 25.6. The monoisotopic (exact) mass is 1250 g/mol. The van der Waals surface area contributed by atoms with Gasteiger partial charge in [0.25, 0.3) is 0 Å². The molecule has 1 aliphatic heterocycles. The van der Waals surface area contributed by atoms with E-state index in [0.717, 1.165) is 16.7 Å². The van der Waals surface area contributed by atoms with Gasteiger partial charge in [-0.3, -0.25) is 24.0 Å². The Morgan fingerprint density at radius 1 is 0.473 bits per heavy atom. The SMILES string of the molecule is COC(=O)C1(NC(=O)OC(C)(C)C)CCN(C(=O)C(CCCCNC(=O)OC(C)(C)C)NC(=O)C(CCC(=O)NC(c2ccccc2)(c2ccccc2)c2ccccc2)NC(=O)C(Cc2ccccc2)NC(=O)C(Cc2ccccc2)NC(=O)OC(C)(C)C)CC1. The van der Waals surface area contributed by atoms with E-state index in [-0.39, 0.29) is 71.0 Å². The van der Waals surface area contributed by atoms with E-state index in [0.29, 0.717) is 17.5 Å². The number of ether oxygens (including phenoxy) is 4. The van der Waals surface area contributed by atoms with E-state index in [4.69, 9.17) is 18.9 Å². The van der Waals surface area contributed by atoms with Crippen molar-refractivity contribution in [3.63, 3.8) is 0 Å². The molecule has 6 rings (SSSR count). The summed E-state index contributed by atoms with van der Waals surface area (Å²) in [6.45, 7) is 15.3. The van der Waals surface area contributed by atoms with Gasteiger partial charge in [-0.2, -0.15) is 0 Å². The predicted octanol–water partition coefficient (Wildman–Crippen LogP) is 8.46. The number of amides is 8. The minimum atomic E-state index is -1.56. The van der Waals surface area contributed by atoms with Crippen LogP contribution in [-0.4, -0.2) is 132 Å². The quantitative estimate of drug-likeness (QED) is 0.0119. The lowest BCUT2D eigenvalue weighted by atomic mass is 9.77. The lowest BCUT2D eigenvalue weighted by Crippen LogP contribution is -2.63. The van der Waals surface area contributed by atoms with Gasteiger partial charge in [0.1, 0.15) is 52.0 Å². The normalized spacial score (nSPS) is 14.5. The average Bonchev–Trinajstić information content (AvgIpc) is 0.786. The van der Waals surface area contributed by atoms with Gasteiger partial charge in [-0.05, 0) is 129 Å². The highest BCUT2D eigenvalue weighted by molar-refractivity contribution is 5.96. The van der Waals surface area contributed by atoms with Gasteiger partial charge in [-0.1, -0.05) is 152 Å². The topological polar surface area (TPSA) is 278 Å². The summed E-state index contributed by atoms with van der Waals surface area (Å²) >= 11 is 0. The average molecular weight is 1250 g/mol. The van der Waals surface area contributed by atoms with Crippen LogP contribution >= 0.6 is 0 Å². The van der Waals surface area contributed by atoms with Crippen molar-refractivity contribution in [2.45, 2.75) is 172 Å². The fourth-order valence-electron chi connectivity index (χ4n) is 10.6. The third-order valence-corrected chi connectivity index (χ3v) is 14.9. The van der Waals surface area contributed by atoms with Crippen LogP contribution in [0.3, 0.4) is 0 Å². The minimum absolute atomic E-state index is 0.00952. The molecule has 21 nitrogen and oxygen atoms in total. The standard InChI is InChI=1S/C70H90N8O13/c1-66(2,3)89-63(85)71-43-27-26-38-54(61(83)78-44-41-69(42-45-78,62(84)88-10)77-65(87)91-68(7,8)9)73-58(80)53(39-40-57(79)76-70(50-32-20-13-21-33-50,51-34-22-14-23-35-51)52-36-24-15-25-37-52)72-59(81)55(46-48-28-16-11-17-29-48)74-60(82)56(47-49-30-18-12-19-31-49)75-64(86)90-67(4,5)6/h11-25,28-37,53-56H,26-27,38-47H2,1-10H3,(H,71,85)(H,72,81)(H,73,80)(H,74,82)(H,75,86)(H,76,79)(H,77,87). The Hall–Kier alpha value is -9.27. The van der Waals surface area contributed by atoms with Crippen LogP contribution in [-0.2, 0) is 66.1 Å². The van der Waals surface area contributed by atoms with Crippen molar-refractivity contribution >= 4 is 53.8 Å². The third-order valence-electron chi connectivity index (χ3n) is 14.9. The van der Waals surface area contributed by atoms with Gasteiger partial charge < -0.3 is 61.1 Å². The fraction of sp³-hybridized carbons (Fsp3) is 0.443. The number of piperidine rings is 1. The van der Waals surface area contributed by atoms with Crippen LogP contribution < -0.4 is 37.2 Å². The smallest absolute Gasteiger partial charge is 0.408 e. The Morgan fingerprint density at radius 3 is 1.32 bits per heavy atom. The number of carbonyl (C=O) groups excluding carboxylic acids is 9. The van der Waals surface area contributed by atoms with Gasteiger partial charge in [-0.15, -0.1) is 0 Å². The largest absolute Gasteiger partial charge is 0.467 e. The van der Waals surface area contributed by atoms with E-state index in [1.807, 2.05) is 97.1 Å². The van der Waals surface area contributed by atoms with Crippen molar-refractivity contribution in [1.29, 1.82) is 0 Å². The van der Waals surface area contributed by atoms with E-state index >= 15 is 19.2 Å². The van der Waals surface area contributed by atoms with Crippen molar-refractivity contribution in [3.8, 4) is 0 Å². The first-order valence-electron chi connectivity index (χ1n) is 30.9. The van der Waals surface area contributed by atoms with Crippen LogP contribution in [0.1, 0.15) is 135 Å². The van der Waals surface area contributed by atoms with Crippen LogP contribution in [0.25, 0.3) is 0 Å². The summed E-state index contributed by atoms with van der Waals surface area (Å²) in [5, 5.41) is 20.0. The lowest BCUT2D eigenvalue weighted by molar-refractivity contribution is -0.153. The van der Waals surface area contributed by atoms with Crippen molar-refractivity contribution in [2.24, 2.45) is 0 Å². The predicted molar refractivity (Wildman–Crippen MR) is 344 cm³/mol. The van der Waals surface area contributed by atoms with E-state index in [1.54, 1.807) is 117 Å². The van der Waals surface area contributed by atoms with Gasteiger partial charge in [-0.25, -0.2) is 19.2 Å². The number of likely N-dealkylation sites (tertiary alicyclic amines) is 1. The number of carbonyl (C=O) groups is 9.